The maximum absolute atomic E-state index is 12.8. The van der Waals surface area contributed by atoms with Crippen molar-refractivity contribution < 1.29 is 9.53 Å². The van der Waals surface area contributed by atoms with Gasteiger partial charge in [-0.25, -0.2) is 0 Å². The molecule has 184 valence electrons. The molecule has 3 heterocycles. The van der Waals surface area contributed by atoms with Crippen LogP contribution in [-0.2, 0) is 11.3 Å². The lowest BCUT2D eigenvalue weighted by Crippen LogP contribution is -2.35. The normalized spacial score (nSPS) is 16.7. The summed E-state index contributed by atoms with van der Waals surface area (Å²) in [6.07, 6.45) is 4.50. The second-order valence-corrected chi connectivity index (χ2v) is 10.2. The Balaban J connectivity index is 1.42. The molecule has 1 aromatic heterocycles. The predicted octanol–water partition coefficient (Wildman–Crippen LogP) is 6.18. The average molecular weight is 500 g/mol. The van der Waals surface area contributed by atoms with Gasteiger partial charge in [0.1, 0.15) is 17.4 Å². The molecule has 0 saturated heterocycles. The number of amidine groups is 2. The van der Waals surface area contributed by atoms with Crippen molar-refractivity contribution in [3.63, 3.8) is 0 Å². The Hall–Kier alpha value is -3.65. The van der Waals surface area contributed by atoms with Crippen LogP contribution in [0, 0.1) is 12.3 Å². The minimum Gasteiger partial charge on any atom is -0.491 e. The van der Waals surface area contributed by atoms with E-state index < -0.39 is 5.91 Å². The maximum Gasteiger partial charge on any atom is 0.283 e. The summed E-state index contributed by atoms with van der Waals surface area (Å²) in [7, 11) is 0. The fraction of sp³-hybridized carbons (Fsp3) is 0.286. The number of hydrogen-bond acceptors (Lipinski definition) is 5. The molecular formula is C28H29N5O2S. The summed E-state index contributed by atoms with van der Waals surface area (Å²) in [4.78, 5) is 17.0. The standard InChI is InChI=1S/C28H29N5O2S/c1-5-25-31-33-26(29)22(27(34)30-28(33)36-25)15-19-16-32(23-9-7-6-8-21(19)23)12-13-35-24-14-18(4)10-11-20(24)17(2)3/h6-11,14-17,29H,5,12-13H2,1-4H3/b22-15+,29-26?. The van der Waals surface area contributed by atoms with Crippen LogP contribution in [0.15, 0.2) is 64.3 Å². The summed E-state index contributed by atoms with van der Waals surface area (Å²) in [5, 5.41) is 16.8. The van der Waals surface area contributed by atoms with Gasteiger partial charge in [-0.3, -0.25) is 10.2 Å². The van der Waals surface area contributed by atoms with Crippen LogP contribution in [0.1, 0.15) is 49.8 Å². The fourth-order valence-electron chi connectivity index (χ4n) is 4.40. The largest absolute Gasteiger partial charge is 0.491 e. The third-order valence-corrected chi connectivity index (χ3v) is 7.35. The topological polar surface area (TPSA) is 83.0 Å². The number of amides is 1. The predicted molar refractivity (Wildman–Crippen MR) is 148 cm³/mol. The van der Waals surface area contributed by atoms with E-state index in [1.54, 1.807) is 6.08 Å². The number of aromatic nitrogens is 1. The number of nitrogens with one attached hydrogen (secondary N) is 1. The zero-order valence-electron chi connectivity index (χ0n) is 20.9. The highest BCUT2D eigenvalue weighted by Gasteiger charge is 2.35. The van der Waals surface area contributed by atoms with Gasteiger partial charge < -0.3 is 9.30 Å². The molecule has 0 fully saturated rings. The lowest BCUT2D eigenvalue weighted by atomic mass is 10.0. The number of rotatable bonds is 7. The number of aliphatic imine (C=N–C) groups is 1. The van der Waals surface area contributed by atoms with E-state index in [2.05, 4.69) is 59.7 Å². The highest BCUT2D eigenvalue weighted by molar-refractivity contribution is 8.26. The Labute approximate surface area is 215 Å². The molecule has 1 amide bonds. The second kappa shape index (κ2) is 9.78. The summed E-state index contributed by atoms with van der Waals surface area (Å²) in [5.74, 6) is 0.951. The number of nitrogens with zero attached hydrogens (tertiary/aromatic N) is 4. The van der Waals surface area contributed by atoms with Crippen LogP contribution in [0.4, 0.5) is 0 Å². The molecule has 2 aromatic carbocycles. The van der Waals surface area contributed by atoms with Crippen molar-refractivity contribution in [3.05, 3.63) is 70.9 Å². The van der Waals surface area contributed by atoms with E-state index in [4.69, 9.17) is 10.1 Å². The van der Waals surface area contributed by atoms with Crippen LogP contribution in [0.3, 0.4) is 0 Å². The molecule has 2 aliphatic heterocycles. The molecule has 2 aliphatic rings. The molecule has 0 unspecified atom stereocenters. The number of aryl methyl sites for hydroxylation is 1. The molecule has 5 rings (SSSR count). The molecule has 0 radical (unpaired) electrons. The van der Waals surface area contributed by atoms with Crippen LogP contribution in [0.5, 0.6) is 5.75 Å². The molecule has 8 heteroatoms. The number of hydrazone groups is 1. The highest BCUT2D eigenvalue weighted by atomic mass is 32.2. The molecule has 0 spiro atoms. The molecule has 0 bridgehead atoms. The van der Waals surface area contributed by atoms with Crippen LogP contribution < -0.4 is 4.74 Å². The number of carbonyl (C=O) groups is 1. The first kappa shape index (κ1) is 24.1. The van der Waals surface area contributed by atoms with Gasteiger partial charge in [0.25, 0.3) is 5.91 Å². The Morgan fingerprint density at radius 2 is 2.00 bits per heavy atom. The van der Waals surface area contributed by atoms with Crippen LogP contribution in [0.25, 0.3) is 17.0 Å². The fourth-order valence-corrected chi connectivity index (χ4v) is 5.23. The quantitative estimate of drug-likeness (QED) is 0.394. The van der Waals surface area contributed by atoms with E-state index in [0.717, 1.165) is 33.7 Å². The Morgan fingerprint density at radius 3 is 2.78 bits per heavy atom. The highest BCUT2D eigenvalue weighted by Crippen LogP contribution is 2.31. The summed E-state index contributed by atoms with van der Waals surface area (Å²) < 4.78 is 8.36. The number of thioether (sulfide) groups is 1. The summed E-state index contributed by atoms with van der Waals surface area (Å²) in [5.41, 5.74) is 4.52. The summed E-state index contributed by atoms with van der Waals surface area (Å²) in [6, 6.07) is 14.4. The van der Waals surface area contributed by atoms with E-state index in [1.165, 1.54) is 27.9 Å². The number of carbonyl (C=O) groups excluding carboxylic acids is 1. The molecule has 0 atom stereocenters. The van der Waals surface area contributed by atoms with Crippen LogP contribution in [-0.4, -0.2) is 38.1 Å². The van der Waals surface area contributed by atoms with Gasteiger partial charge in [-0.15, -0.1) is 0 Å². The number of hydrogen-bond donors (Lipinski definition) is 1. The Kier molecular flexibility index (Phi) is 6.53. The SMILES string of the molecule is CCC1=NN2C(=N)/C(=C\c3cn(CCOc4cc(C)ccc4C(C)C)c4ccccc34)C(=O)N=C2S1. The van der Waals surface area contributed by atoms with Gasteiger partial charge >= 0.3 is 0 Å². The van der Waals surface area contributed by atoms with Crippen molar-refractivity contribution in [1.29, 1.82) is 5.41 Å². The average Bonchev–Trinajstić information content (AvgIpc) is 3.43. The van der Waals surface area contributed by atoms with Crippen molar-refractivity contribution in [3.8, 4) is 5.75 Å². The molecule has 0 aliphatic carbocycles. The van der Waals surface area contributed by atoms with Gasteiger partial charge in [-0.2, -0.15) is 15.1 Å². The minimum absolute atomic E-state index is 0.0572. The van der Waals surface area contributed by atoms with Crippen LogP contribution >= 0.6 is 11.8 Å². The first-order valence-electron chi connectivity index (χ1n) is 12.2. The number of ether oxygens (including phenoxy) is 1. The van der Waals surface area contributed by atoms with E-state index in [1.807, 2.05) is 31.3 Å². The smallest absolute Gasteiger partial charge is 0.283 e. The number of fused-ring (bicyclic) bond motifs is 2. The van der Waals surface area contributed by atoms with Crippen LogP contribution in [0.2, 0.25) is 0 Å². The zero-order chi connectivity index (χ0) is 25.4. The zero-order valence-corrected chi connectivity index (χ0v) is 21.7. The molecule has 7 nitrogen and oxygen atoms in total. The number of benzene rings is 2. The van der Waals surface area contributed by atoms with Gasteiger partial charge in [0.05, 0.1) is 12.1 Å². The Bertz CT molecular complexity index is 1460. The van der Waals surface area contributed by atoms with Crippen molar-refractivity contribution in [1.82, 2.24) is 9.58 Å². The molecule has 0 saturated carbocycles. The van der Waals surface area contributed by atoms with Crippen molar-refractivity contribution >= 4 is 50.7 Å². The molecule has 3 aromatic rings. The third kappa shape index (κ3) is 4.48. The minimum atomic E-state index is -0.410. The first-order chi connectivity index (χ1) is 17.4. The van der Waals surface area contributed by atoms with E-state index >= 15 is 0 Å². The monoisotopic (exact) mass is 499 g/mol. The third-order valence-electron chi connectivity index (χ3n) is 6.30. The van der Waals surface area contributed by atoms with E-state index in [0.29, 0.717) is 24.2 Å². The van der Waals surface area contributed by atoms with Crippen molar-refractivity contribution in [2.75, 3.05) is 6.61 Å². The lowest BCUT2D eigenvalue weighted by molar-refractivity contribution is -0.114. The van der Waals surface area contributed by atoms with Gasteiger partial charge in [0.15, 0.2) is 5.84 Å². The van der Waals surface area contributed by atoms with Gasteiger partial charge in [0.2, 0.25) is 5.17 Å². The van der Waals surface area contributed by atoms with E-state index in [-0.39, 0.29) is 11.4 Å². The second-order valence-electron chi connectivity index (χ2n) is 9.21. The van der Waals surface area contributed by atoms with Crippen molar-refractivity contribution in [2.24, 2.45) is 10.1 Å². The lowest BCUT2D eigenvalue weighted by Gasteiger charge is -2.20. The molecule has 1 N–H and O–H groups in total. The summed E-state index contributed by atoms with van der Waals surface area (Å²) >= 11 is 1.35. The first-order valence-corrected chi connectivity index (χ1v) is 13.0. The van der Waals surface area contributed by atoms with Gasteiger partial charge in [0, 0.05) is 22.7 Å². The molecular weight excluding hydrogens is 470 g/mol. The maximum atomic E-state index is 12.8. The van der Waals surface area contributed by atoms with E-state index in [9.17, 15) is 4.79 Å². The van der Waals surface area contributed by atoms with Crippen molar-refractivity contribution in [2.45, 2.75) is 46.6 Å². The molecule has 36 heavy (non-hydrogen) atoms. The number of para-hydroxylation sites is 1. The Morgan fingerprint density at radius 1 is 1.19 bits per heavy atom. The summed E-state index contributed by atoms with van der Waals surface area (Å²) in [6.45, 7) is 9.57. The van der Waals surface area contributed by atoms with Gasteiger partial charge in [-0.1, -0.05) is 51.1 Å². The van der Waals surface area contributed by atoms with Gasteiger partial charge in [-0.05, 0) is 60.4 Å².